The summed E-state index contributed by atoms with van der Waals surface area (Å²) in [7, 11) is -0.286. The monoisotopic (exact) mass is 317 g/mol. The third-order valence-electron chi connectivity index (χ3n) is 2.74. The number of sulfonamides is 1. The second kappa shape index (κ2) is 6.83. The molecular formula is C12H19N3O5S. The van der Waals surface area contributed by atoms with Crippen LogP contribution in [0.2, 0.25) is 0 Å². The molecule has 0 aliphatic carbocycles. The molecule has 0 amide bonds. The van der Waals surface area contributed by atoms with Gasteiger partial charge in [0, 0.05) is 18.7 Å². The second-order valence-electron chi connectivity index (χ2n) is 4.90. The topological polar surface area (TPSA) is 116 Å². The van der Waals surface area contributed by atoms with Crippen LogP contribution < -0.4 is 9.88 Å². The molecule has 1 aromatic rings. The molecule has 0 aliphatic heterocycles. The number of non-ortho nitro benzene ring substituents is 1. The Balaban J connectivity index is 3.10. The van der Waals surface area contributed by atoms with Gasteiger partial charge < -0.3 is 9.64 Å². The van der Waals surface area contributed by atoms with Crippen molar-refractivity contribution >= 4 is 15.7 Å². The highest BCUT2D eigenvalue weighted by Gasteiger charge is 2.22. The van der Waals surface area contributed by atoms with Crippen molar-refractivity contribution in [1.82, 2.24) is 4.90 Å². The van der Waals surface area contributed by atoms with Gasteiger partial charge in [0.05, 0.1) is 11.5 Å². The molecule has 9 heteroatoms. The van der Waals surface area contributed by atoms with E-state index in [1.807, 2.05) is 19.0 Å². The lowest BCUT2D eigenvalue weighted by atomic mass is 10.2. The van der Waals surface area contributed by atoms with Gasteiger partial charge in [0.1, 0.15) is 10.6 Å². The smallest absolute Gasteiger partial charge is 0.271 e. The predicted molar refractivity (Wildman–Crippen MR) is 77.9 cm³/mol. The summed E-state index contributed by atoms with van der Waals surface area (Å²) >= 11 is 0. The fraction of sp³-hybridized carbons (Fsp3) is 0.500. The van der Waals surface area contributed by atoms with Gasteiger partial charge in [-0.2, -0.15) is 0 Å². The van der Waals surface area contributed by atoms with Gasteiger partial charge in [-0.05, 0) is 33.0 Å². The van der Waals surface area contributed by atoms with Gasteiger partial charge in [0.2, 0.25) is 10.0 Å². The molecule has 0 aromatic heterocycles. The molecule has 0 saturated carbocycles. The van der Waals surface area contributed by atoms with Crippen molar-refractivity contribution < 1.29 is 18.1 Å². The summed E-state index contributed by atoms with van der Waals surface area (Å²) in [4.78, 5) is 11.7. The van der Waals surface area contributed by atoms with Crippen molar-refractivity contribution in [3.63, 3.8) is 0 Å². The van der Waals surface area contributed by atoms with Crippen LogP contribution in [0.5, 0.6) is 5.75 Å². The Morgan fingerprint density at radius 2 is 2.00 bits per heavy atom. The Labute approximate surface area is 123 Å². The number of ether oxygens (including phenoxy) is 1. The third kappa shape index (κ3) is 4.96. The fourth-order valence-electron chi connectivity index (χ4n) is 1.78. The molecule has 0 saturated heterocycles. The lowest BCUT2D eigenvalue weighted by Crippen LogP contribution is -2.18. The Hall–Kier alpha value is -1.71. The van der Waals surface area contributed by atoms with Crippen LogP contribution in [-0.4, -0.2) is 45.5 Å². The molecular weight excluding hydrogens is 298 g/mol. The van der Waals surface area contributed by atoms with Crippen molar-refractivity contribution in [2.45, 2.75) is 18.2 Å². The fourth-order valence-corrected chi connectivity index (χ4v) is 2.54. The average molecular weight is 317 g/mol. The molecule has 8 nitrogen and oxygen atoms in total. The summed E-state index contributed by atoms with van der Waals surface area (Å²) in [6, 6.07) is 2.18. The maximum Gasteiger partial charge on any atom is 0.271 e. The molecule has 118 valence electrons. The van der Waals surface area contributed by atoms with Gasteiger partial charge in [-0.3, -0.25) is 10.1 Å². The Morgan fingerprint density at radius 1 is 1.38 bits per heavy atom. The van der Waals surface area contributed by atoms with Crippen LogP contribution in [0, 0.1) is 17.0 Å². The summed E-state index contributed by atoms with van der Waals surface area (Å²) < 4.78 is 28.6. The highest BCUT2D eigenvalue weighted by Crippen LogP contribution is 2.31. The average Bonchev–Trinajstić information content (AvgIpc) is 2.33. The lowest BCUT2D eigenvalue weighted by molar-refractivity contribution is -0.385. The first-order chi connectivity index (χ1) is 9.62. The van der Waals surface area contributed by atoms with Crippen LogP contribution in [0.3, 0.4) is 0 Å². The molecule has 0 spiro atoms. The molecule has 0 bridgehead atoms. The molecule has 0 atom stereocenters. The van der Waals surface area contributed by atoms with Crippen LogP contribution in [0.25, 0.3) is 0 Å². The van der Waals surface area contributed by atoms with Crippen molar-refractivity contribution in [3.05, 3.63) is 27.8 Å². The van der Waals surface area contributed by atoms with Gasteiger partial charge in [-0.1, -0.05) is 0 Å². The molecule has 0 fully saturated rings. The lowest BCUT2D eigenvalue weighted by Gasteiger charge is -2.14. The first-order valence-electron chi connectivity index (χ1n) is 6.22. The number of nitro benzene ring substituents is 1. The minimum atomic E-state index is -4.11. The number of nitrogens with zero attached hydrogens (tertiary/aromatic N) is 2. The minimum Gasteiger partial charge on any atom is -0.492 e. The van der Waals surface area contributed by atoms with Gasteiger partial charge in [0.25, 0.3) is 5.69 Å². The van der Waals surface area contributed by atoms with E-state index >= 15 is 0 Å². The van der Waals surface area contributed by atoms with Crippen LogP contribution >= 0.6 is 0 Å². The molecule has 0 heterocycles. The zero-order valence-corrected chi connectivity index (χ0v) is 13.0. The number of hydrogen-bond donors (Lipinski definition) is 1. The van der Waals surface area contributed by atoms with Gasteiger partial charge in [-0.15, -0.1) is 0 Å². The van der Waals surface area contributed by atoms with E-state index in [1.165, 1.54) is 6.07 Å². The van der Waals surface area contributed by atoms with Crippen LogP contribution in [-0.2, 0) is 10.0 Å². The molecule has 1 aromatic carbocycles. The molecule has 0 unspecified atom stereocenters. The predicted octanol–water partition coefficient (Wildman–Crippen LogP) is 0.881. The van der Waals surface area contributed by atoms with E-state index in [9.17, 15) is 18.5 Å². The van der Waals surface area contributed by atoms with Crippen LogP contribution in [0.4, 0.5) is 5.69 Å². The maximum atomic E-state index is 11.6. The van der Waals surface area contributed by atoms with E-state index in [4.69, 9.17) is 9.88 Å². The Bertz CT molecular complexity index is 628. The SMILES string of the molecule is Cc1cc([N+](=O)[O-])cc(S(N)(=O)=O)c1OCCCN(C)C. The number of benzene rings is 1. The van der Waals surface area contributed by atoms with Crippen molar-refractivity contribution in [2.75, 3.05) is 27.2 Å². The third-order valence-corrected chi connectivity index (χ3v) is 3.66. The quantitative estimate of drug-likeness (QED) is 0.453. The minimum absolute atomic E-state index is 0.0712. The second-order valence-corrected chi connectivity index (χ2v) is 6.43. The van der Waals surface area contributed by atoms with Crippen molar-refractivity contribution in [3.8, 4) is 5.75 Å². The summed E-state index contributed by atoms with van der Waals surface area (Å²) in [5.41, 5.74) is 0.0234. The number of hydrogen-bond acceptors (Lipinski definition) is 6. The highest BCUT2D eigenvalue weighted by atomic mass is 32.2. The maximum absolute atomic E-state index is 11.6. The molecule has 2 N–H and O–H groups in total. The molecule has 1 rings (SSSR count). The van der Waals surface area contributed by atoms with E-state index in [0.29, 0.717) is 18.6 Å². The largest absolute Gasteiger partial charge is 0.492 e. The molecule has 0 aliphatic rings. The van der Waals surface area contributed by atoms with Gasteiger partial charge in [0.15, 0.2) is 0 Å². The number of rotatable bonds is 7. The summed E-state index contributed by atoms with van der Waals surface area (Å²) in [5, 5.41) is 15.9. The van der Waals surface area contributed by atoms with E-state index in [0.717, 1.165) is 12.6 Å². The number of primary sulfonamides is 1. The Morgan fingerprint density at radius 3 is 2.48 bits per heavy atom. The van der Waals surface area contributed by atoms with E-state index in [1.54, 1.807) is 6.92 Å². The van der Waals surface area contributed by atoms with Gasteiger partial charge in [-0.25, -0.2) is 13.6 Å². The number of nitro groups is 1. The standard InChI is InChI=1S/C12H19N3O5S/c1-9-7-10(15(16)17)8-11(21(13,18)19)12(9)20-6-4-5-14(2)3/h7-8H,4-6H2,1-3H3,(H2,13,18,19). The van der Waals surface area contributed by atoms with Crippen molar-refractivity contribution in [2.24, 2.45) is 5.14 Å². The van der Waals surface area contributed by atoms with E-state index in [2.05, 4.69) is 0 Å². The normalized spacial score (nSPS) is 11.7. The first-order valence-corrected chi connectivity index (χ1v) is 7.77. The van der Waals surface area contributed by atoms with Gasteiger partial charge >= 0.3 is 0 Å². The number of nitrogens with two attached hydrogens (primary N) is 1. The van der Waals surface area contributed by atoms with Crippen LogP contribution in [0.15, 0.2) is 17.0 Å². The number of aryl methyl sites for hydroxylation is 1. The summed E-state index contributed by atoms with van der Waals surface area (Å²) in [5.74, 6) is 0.0712. The van der Waals surface area contributed by atoms with Crippen molar-refractivity contribution in [1.29, 1.82) is 0 Å². The summed E-state index contributed by atoms with van der Waals surface area (Å²) in [6.45, 7) is 2.61. The molecule has 0 radical (unpaired) electrons. The zero-order chi connectivity index (χ0) is 16.2. The highest BCUT2D eigenvalue weighted by molar-refractivity contribution is 7.89. The zero-order valence-electron chi connectivity index (χ0n) is 12.2. The molecule has 21 heavy (non-hydrogen) atoms. The summed E-state index contributed by atoms with van der Waals surface area (Å²) in [6.07, 6.45) is 0.688. The van der Waals surface area contributed by atoms with Crippen LogP contribution in [0.1, 0.15) is 12.0 Å². The van der Waals surface area contributed by atoms with E-state index in [-0.39, 0.29) is 16.3 Å². The first kappa shape index (κ1) is 17.3. The Kier molecular flexibility index (Phi) is 5.64. The van der Waals surface area contributed by atoms with E-state index < -0.39 is 14.9 Å².